The van der Waals surface area contributed by atoms with E-state index in [1.165, 1.54) is 145 Å². The highest BCUT2D eigenvalue weighted by Crippen LogP contribution is 2.40. The average molecular weight is 703 g/mol. The van der Waals surface area contributed by atoms with Crippen molar-refractivity contribution < 1.29 is 13.6 Å². The van der Waals surface area contributed by atoms with Gasteiger partial charge in [0.25, 0.3) is 0 Å². The van der Waals surface area contributed by atoms with Gasteiger partial charge in [-0.2, -0.15) is 0 Å². The number of hydrogen-bond donors (Lipinski definition) is 0. The first-order chi connectivity index (χ1) is 24.9. The number of benzene rings is 3. The van der Waals surface area contributed by atoms with Gasteiger partial charge in [-0.25, -0.2) is 0 Å². The second-order valence-corrected chi connectivity index (χ2v) is 15.4. The summed E-state index contributed by atoms with van der Waals surface area (Å²) in [5.74, 6) is 0. The maximum atomic E-state index is 6.17. The summed E-state index contributed by atoms with van der Waals surface area (Å²) in [6.45, 7) is 2.23. The van der Waals surface area contributed by atoms with Crippen molar-refractivity contribution in [1.82, 2.24) is 0 Å². The van der Waals surface area contributed by atoms with Gasteiger partial charge in [-0.3, -0.25) is 0 Å². The second kappa shape index (κ2) is 31.7. The van der Waals surface area contributed by atoms with Crippen LogP contribution in [-0.2, 0) is 32.8 Å². The molecule has 0 saturated heterocycles. The molecule has 0 heterocycles. The van der Waals surface area contributed by atoms with Gasteiger partial charge in [0.2, 0.25) is 0 Å². The lowest BCUT2D eigenvalue weighted by Gasteiger charge is -2.17. The molecule has 0 aromatic heterocycles. The van der Waals surface area contributed by atoms with Crippen molar-refractivity contribution in [1.29, 1.82) is 0 Å². The maximum Gasteiger partial charge on any atom is 0.332 e. The van der Waals surface area contributed by atoms with Crippen molar-refractivity contribution in [2.45, 2.75) is 161 Å². The molecule has 0 aliphatic carbocycles. The van der Waals surface area contributed by atoms with Gasteiger partial charge in [-0.15, -0.1) is 0 Å². The first kappa shape index (κ1) is 42.4. The van der Waals surface area contributed by atoms with Gasteiger partial charge < -0.3 is 13.6 Å². The lowest BCUT2D eigenvalue weighted by Crippen LogP contribution is -2.01. The van der Waals surface area contributed by atoms with Crippen molar-refractivity contribution in [3.8, 4) is 0 Å². The molecule has 0 fully saturated rings. The first-order valence-corrected chi connectivity index (χ1v) is 21.8. The Morgan fingerprint density at radius 2 is 0.480 bits per heavy atom. The number of aryl methyl sites for hydroxylation is 3. The molecule has 0 bridgehead atoms. The van der Waals surface area contributed by atoms with Gasteiger partial charge in [-0.05, 0) is 74.5 Å². The molecule has 0 N–H and O–H groups in total. The summed E-state index contributed by atoms with van der Waals surface area (Å²) < 4.78 is 18.5. The summed E-state index contributed by atoms with van der Waals surface area (Å²) in [4.78, 5) is 0. The minimum absolute atomic E-state index is 0.719. The van der Waals surface area contributed by atoms with Crippen molar-refractivity contribution in [2.75, 3.05) is 19.8 Å². The molecule has 0 spiro atoms. The molecule has 0 radical (unpaired) electrons. The van der Waals surface area contributed by atoms with Crippen LogP contribution in [0.3, 0.4) is 0 Å². The van der Waals surface area contributed by atoms with E-state index >= 15 is 0 Å². The Morgan fingerprint density at radius 3 is 0.780 bits per heavy atom. The lowest BCUT2D eigenvalue weighted by atomic mass is 10.0. The molecule has 3 aromatic carbocycles. The normalized spacial score (nSPS) is 11.5. The molecular weight excluding hydrogens is 631 g/mol. The van der Waals surface area contributed by atoms with E-state index in [4.69, 9.17) is 13.6 Å². The Hall–Kier alpha value is -2.03. The minimum Gasteiger partial charge on any atom is -0.312 e. The predicted molar refractivity (Wildman–Crippen MR) is 217 cm³/mol. The Bertz CT molecular complexity index is 1040. The van der Waals surface area contributed by atoms with Gasteiger partial charge >= 0.3 is 8.60 Å². The van der Waals surface area contributed by atoms with E-state index in [1.807, 2.05) is 0 Å². The van der Waals surface area contributed by atoms with Crippen LogP contribution in [0.15, 0.2) is 91.0 Å². The van der Waals surface area contributed by atoms with Crippen LogP contribution in [0.4, 0.5) is 0 Å². The summed E-state index contributed by atoms with van der Waals surface area (Å²) in [7, 11) is -1.24. The molecule has 50 heavy (non-hydrogen) atoms. The summed E-state index contributed by atoms with van der Waals surface area (Å²) >= 11 is 0. The van der Waals surface area contributed by atoms with Crippen LogP contribution < -0.4 is 0 Å². The highest BCUT2D eigenvalue weighted by molar-refractivity contribution is 7.41. The molecule has 0 amide bonds. The van der Waals surface area contributed by atoms with E-state index in [0.717, 1.165) is 51.9 Å². The van der Waals surface area contributed by atoms with Crippen LogP contribution in [0.5, 0.6) is 0 Å². The fourth-order valence-corrected chi connectivity index (χ4v) is 7.64. The van der Waals surface area contributed by atoms with Crippen molar-refractivity contribution in [3.05, 3.63) is 108 Å². The zero-order valence-corrected chi connectivity index (χ0v) is 32.5. The molecule has 4 heteroatoms. The molecule has 0 aliphatic heterocycles. The molecular formula is C46H71O3P. The zero-order chi connectivity index (χ0) is 34.8. The van der Waals surface area contributed by atoms with Crippen LogP contribution in [0.25, 0.3) is 0 Å². The van der Waals surface area contributed by atoms with Crippen molar-refractivity contribution in [2.24, 2.45) is 0 Å². The predicted octanol–water partition coefficient (Wildman–Crippen LogP) is 14.6. The fourth-order valence-electron chi connectivity index (χ4n) is 6.59. The van der Waals surface area contributed by atoms with Crippen LogP contribution in [0.1, 0.15) is 158 Å². The van der Waals surface area contributed by atoms with E-state index in [1.54, 1.807) is 0 Å². The third-order valence-electron chi connectivity index (χ3n) is 9.70. The summed E-state index contributed by atoms with van der Waals surface area (Å²) in [6, 6.07) is 32.6. The van der Waals surface area contributed by atoms with Gasteiger partial charge in [-0.1, -0.05) is 194 Å². The van der Waals surface area contributed by atoms with E-state index in [0.29, 0.717) is 0 Å². The monoisotopic (exact) mass is 703 g/mol. The third kappa shape index (κ3) is 24.2. The quantitative estimate of drug-likeness (QED) is 0.0458. The van der Waals surface area contributed by atoms with E-state index < -0.39 is 8.60 Å². The lowest BCUT2D eigenvalue weighted by molar-refractivity contribution is 0.154. The fraction of sp³-hybridized carbons (Fsp3) is 0.609. The molecule has 3 nitrogen and oxygen atoms in total. The van der Waals surface area contributed by atoms with Crippen molar-refractivity contribution >= 4 is 8.60 Å². The largest absolute Gasteiger partial charge is 0.332 e. The molecule has 3 aromatic rings. The third-order valence-corrected chi connectivity index (χ3v) is 10.9. The van der Waals surface area contributed by atoms with Gasteiger partial charge in [0.05, 0.1) is 19.8 Å². The van der Waals surface area contributed by atoms with Gasteiger partial charge in [0.15, 0.2) is 0 Å². The summed E-state index contributed by atoms with van der Waals surface area (Å²) in [6.07, 6.45) is 32.2. The minimum atomic E-state index is -1.24. The highest BCUT2D eigenvalue weighted by Gasteiger charge is 2.12. The molecule has 0 unspecified atom stereocenters. The molecule has 278 valence electrons. The topological polar surface area (TPSA) is 27.7 Å². The zero-order valence-electron chi connectivity index (χ0n) is 31.6. The Balaban J connectivity index is 1.13. The standard InChI is InChI=1S/C46H71O3P/c1(5-9-13-20-32-44-34-22-17-23-35-44)3-7-11-15-29-41-47-50(49-43-31-28-40-46-38-26-19-27-39-46)48-42-30-16-12-8-4-2-6-10-14-21-33-45-36-24-18-25-37-45/h17-19,22-27,34-39H,1-16,20-21,28-33,40-43H2. The van der Waals surface area contributed by atoms with Crippen molar-refractivity contribution in [3.63, 3.8) is 0 Å². The summed E-state index contributed by atoms with van der Waals surface area (Å²) in [5, 5.41) is 0. The Kier molecular flexibility index (Phi) is 26.9. The van der Waals surface area contributed by atoms with Gasteiger partial charge in [0.1, 0.15) is 0 Å². The Morgan fingerprint density at radius 1 is 0.260 bits per heavy atom. The molecule has 0 atom stereocenters. The highest BCUT2D eigenvalue weighted by atomic mass is 31.2. The smallest absolute Gasteiger partial charge is 0.312 e. The van der Waals surface area contributed by atoms with Crippen LogP contribution in [0, 0.1) is 0 Å². The summed E-state index contributed by atoms with van der Waals surface area (Å²) in [5.41, 5.74) is 4.36. The number of unbranched alkanes of at least 4 members (excludes halogenated alkanes) is 19. The first-order valence-electron chi connectivity index (χ1n) is 20.7. The average Bonchev–Trinajstić information content (AvgIpc) is 3.16. The van der Waals surface area contributed by atoms with E-state index in [2.05, 4.69) is 91.0 Å². The number of hydrogen-bond acceptors (Lipinski definition) is 3. The molecule has 0 saturated carbocycles. The van der Waals surface area contributed by atoms with Gasteiger partial charge in [0, 0.05) is 0 Å². The number of rotatable bonds is 34. The van der Waals surface area contributed by atoms with Crippen LogP contribution in [-0.4, -0.2) is 19.8 Å². The Labute approximate surface area is 309 Å². The molecule has 0 aliphatic rings. The van der Waals surface area contributed by atoms with Crippen LogP contribution in [0.2, 0.25) is 0 Å². The SMILES string of the molecule is c1ccc(CCCCCCCCCCCCOP(OCCCCCCCCCCCCc2ccccc2)OCCCCc2ccccc2)cc1. The second-order valence-electron chi connectivity index (χ2n) is 14.2. The van der Waals surface area contributed by atoms with E-state index in [-0.39, 0.29) is 0 Å². The van der Waals surface area contributed by atoms with E-state index in [9.17, 15) is 0 Å². The molecule has 3 rings (SSSR count). The maximum absolute atomic E-state index is 6.17. The van der Waals surface area contributed by atoms with Crippen LogP contribution >= 0.6 is 8.60 Å².